The summed E-state index contributed by atoms with van der Waals surface area (Å²) in [5, 5.41) is 3.04. The first-order valence-corrected chi connectivity index (χ1v) is 15.0. The fourth-order valence-corrected chi connectivity index (χ4v) is 6.43. The number of hydrogen-bond donors (Lipinski definition) is 1. The van der Waals surface area contributed by atoms with Crippen LogP contribution in [0.5, 0.6) is 0 Å². The molecular weight excluding hydrogens is 529 g/mol. The van der Waals surface area contributed by atoms with Crippen molar-refractivity contribution < 1.29 is 22.4 Å². The number of carbonyl (C=O) groups excluding carboxylic acids is 2. The molecule has 1 aliphatic carbocycles. The summed E-state index contributed by atoms with van der Waals surface area (Å²) in [5.74, 6) is -1.26. The summed E-state index contributed by atoms with van der Waals surface area (Å²) in [5.41, 5.74) is 2.59. The van der Waals surface area contributed by atoms with Crippen molar-refractivity contribution in [1.29, 1.82) is 0 Å². The smallest absolute Gasteiger partial charge is 0.264 e. The van der Waals surface area contributed by atoms with Crippen LogP contribution in [-0.4, -0.2) is 43.8 Å². The Balaban J connectivity index is 1.69. The van der Waals surface area contributed by atoms with Crippen LogP contribution in [0.15, 0.2) is 77.7 Å². The van der Waals surface area contributed by atoms with Crippen molar-refractivity contribution in [2.24, 2.45) is 0 Å². The first-order valence-electron chi connectivity index (χ1n) is 13.6. The SMILES string of the molecule is Cc1ccc(S(=O)(=O)N(CC(=O)N(Cc2ccc(F)cc2)C(C)C(=O)NC2CCCC2)c2ccccc2C)cc1. The summed E-state index contributed by atoms with van der Waals surface area (Å²) in [6.45, 7) is 4.79. The molecule has 0 heterocycles. The number of hydrogen-bond acceptors (Lipinski definition) is 4. The number of amides is 2. The highest BCUT2D eigenvalue weighted by Crippen LogP contribution is 2.28. The zero-order valence-corrected chi connectivity index (χ0v) is 24.0. The Morgan fingerprint density at radius 3 is 2.20 bits per heavy atom. The molecule has 9 heteroatoms. The lowest BCUT2D eigenvalue weighted by atomic mass is 10.1. The van der Waals surface area contributed by atoms with Gasteiger partial charge in [-0.15, -0.1) is 0 Å². The molecule has 0 spiro atoms. The van der Waals surface area contributed by atoms with Gasteiger partial charge < -0.3 is 10.2 Å². The van der Waals surface area contributed by atoms with Gasteiger partial charge in [0.25, 0.3) is 10.0 Å². The van der Waals surface area contributed by atoms with Crippen LogP contribution in [0.25, 0.3) is 0 Å². The second-order valence-corrected chi connectivity index (χ2v) is 12.3. The third kappa shape index (κ3) is 6.88. The average molecular weight is 566 g/mol. The molecule has 1 N–H and O–H groups in total. The number of sulfonamides is 1. The molecule has 3 aromatic rings. The normalized spacial score (nSPS) is 14.5. The Morgan fingerprint density at radius 2 is 1.57 bits per heavy atom. The van der Waals surface area contributed by atoms with Crippen molar-refractivity contribution in [3.8, 4) is 0 Å². The van der Waals surface area contributed by atoms with Gasteiger partial charge in [0, 0.05) is 12.6 Å². The molecule has 4 rings (SSSR count). The first-order chi connectivity index (χ1) is 19.1. The molecule has 0 radical (unpaired) electrons. The lowest BCUT2D eigenvalue weighted by Gasteiger charge is -2.33. The first kappa shape index (κ1) is 29.3. The van der Waals surface area contributed by atoms with Crippen molar-refractivity contribution in [2.45, 2.75) is 70.0 Å². The molecule has 1 unspecified atom stereocenters. The van der Waals surface area contributed by atoms with E-state index in [1.165, 1.54) is 29.2 Å². The van der Waals surface area contributed by atoms with Gasteiger partial charge in [-0.05, 0) is 75.1 Å². The molecule has 2 amide bonds. The van der Waals surface area contributed by atoms with Gasteiger partial charge in [0.05, 0.1) is 10.6 Å². The summed E-state index contributed by atoms with van der Waals surface area (Å²) in [6, 6.07) is 18.3. The van der Waals surface area contributed by atoms with E-state index in [0.717, 1.165) is 35.6 Å². The van der Waals surface area contributed by atoms with Crippen LogP contribution >= 0.6 is 0 Å². The third-order valence-corrected chi connectivity index (χ3v) is 9.18. The average Bonchev–Trinajstić information content (AvgIpc) is 3.44. The molecule has 1 atom stereocenters. The fraction of sp³-hybridized carbons (Fsp3) is 0.355. The maximum absolute atomic E-state index is 14.0. The third-order valence-electron chi connectivity index (χ3n) is 7.41. The van der Waals surface area contributed by atoms with Crippen LogP contribution in [-0.2, 0) is 26.2 Å². The van der Waals surface area contributed by atoms with Gasteiger partial charge in [0.15, 0.2) is 0 Å². The van der Waals surface area contributed by atoms with E-state index in [-0.39, 0.29) is 23.4 Å². The molecule has 1 aliphatic rings. The molecule has 7 nitrogen and oxygen atoms in total. The largest absolute Gasteiger partial charge is 0.352 e. The summed E-state index contributed by atoms with van der Waals surface area (Å²) < 4.78 is 42.5. The zero-order chi connectivity index (χ0) is 28.9. The van der Waals surface area contributed by atoms with Crippen LogP contribution in [0, 0.1) is 19.7 Å². The van der Waals surface area contributed by atoms with Gasteiger partial charge in [-0.3, -0.25) is 13.9 Å². The van der Waals surface area contributed by atoms with Gasteiger partial charge in [-0.1, -0.05) is 60.9 Å². The van der Waals surface area contributed by atoms with Crippen LogP contribution < -0.4 is 9.62 Å². The molecule has 40 heavy (non-hydrogen) atoms. The molecule has 0 bridgehead atoms. The Bertz CT molecular complexity index is 1440. The molecule has 0 aliphatic heterocycles. The second kappa shape index (κ2) is 12.6. The van der Waals surface area contributed by atoms with Crippen molar-refractivity contribution in [3.63, 3.8) is 0 Å². The molecule has 212 valence electrons. The monoisotopic (exact) mass is 565 g/mol. The number of anilines is 1. The number of nitrogens with one attached hydrogen (secondary N) is 1. The second-order valence-electron chi connectivity index (χ2n) is 10.4. The standard InChI is InChI=1S/C31H36FN3O4S/c1-22-12-18-28(19-13-22)40(38,39)35(29-11-7-4-8-23(29)2)21-30(36)34(20-25-14-16-26(32)17-15-25)24(3)31(37)33-27-9-5-6-10-27/h4,7-8,11-19,24,27H,5-6,9-10,20-21H2,1-3H3,(H,33,37). The molecule has 3 aromatic carbocycles. The minimum atomic E-state index is -4.13. The molecular formula is C31H36FN3O4S. The van der Waals surface area contributed by atoms with Crippen LogP contribution in [0.1, 0.15) is 49.3 Å². The van der Waals surface area contributed by atoms with Gasteiger partial charge >= 0.3 is 0 Å². The number of benzene rings is 3. The van der Waals surface area contributed by atoms with E-state index in [0.29, 0.717) is 16.8 Å². The van der Waals surface area contributed by atoms with E-state index >= 15 is 0 Å². The minimum absolute atomic E-state index is 0.0184. The van der Waals surface area contributed by atoms with Crippen LogP contribution in [0.2, 0.25) is 0 Å². The minimum Gasteiger partial charge on any atom is -0.352 e. The Labute approximate surface area is 236 Å². The molecule has 1 saturated carbocycles. The summed E-state index contributed by atoms with van der Waals surface area (Å²) >= 11 is 0. The lowest BCUT2D eigenvalue weighted by molar-refractivity contribution is -0.139. The fourth-order valence-electron chi connectivity index (χ4n) is 4.96. The van der Waals surface area contributed by atoms with E-state index in [9.17, 15) is 22.4 Å². The highest BCUT2D eigenvalue weighted by atomic mass is 32.2. The number of para-hydroxylation sites is 1. The molecule has 0 saturated heterocycles. The van der Waals surface area contributed by atoms with E-state index in [1.54, 1.807) is 62.4 Å². The lowest BCUT2D eigenvalue weighted by Crippen LogP contribution is -2.52. The van der Waals surface area contributed by atoms with Crippen LogP contribution in [0.3, 0.4) is 0 Å². The summed E-state index contributed by atoms with van der Waals surface area (Å²) in [4.78, 5) is 28.7. The van der Waals surface area contributed by atoms with Gasteiger partial charge in [-0.25, -0.2) is 12.8 Å². The summed E-state index contributed by atoms with van der Waals surface area (Å²) in [7, 11) is -4.13. The highest BCUT2D eigenvalue weighted by molar-refractivity contribution is 7.92. The zero-order valence-electron chi connectivity index (χ0n) is 23.1. The van der Waals surface area contributed by atoms with Crippen molar-refractivity contribution >= 4 is 27.5 Å². The Hall–Kier alpha value is -3.72. The highest BCUT2D eigenvalue weighted by Gasteiger charge is 2.33. The summed E-state index contributed by atoms with van der Waals surface area (Å²) in [6.07, 6.45) is 3.86. The van der Waals surface area contributed by atoms with Gasteiger partial charge in [-0.2, -0.15) is 0 Å². The number of halogens is 1. The van der Waals surface area contributed by atoms with Gasteiger partial charge in [0.2, 0.25) is 11.8 Å². The van der Waals surface area contributed by atoms with Crippen LogP contribution in [0.4, 0.5) is 10.1 Å². The Morgan fingerprint density at radius 1 is 0.950 bits per heavy atom. The predicted octanol–water partition coefficient (Wildman–Crippen LogP) is 5.11. The molecule has 1 fully saturated rings. The quantitative estimate of drug-likeness (QED) is 0.370. The number of rotatable bonds is 10. The van der Waals surface area contributed by atoms with E-state index in [1.807, 2.05) is 6.92 Å². The van der Waals surface area contributed by atoms with Crippen molar-refractivity contribution in [1.82, 2.24) is 10.2 Å². The van der Waals surface area contributed by atoms with Crippen molar-refractivity contribution in [2.75, 3.05) is 10.8 Å². The predicted molar refractivity (Wildman–Crippen MR) is 154 cm³/mol. The Kier molecular flexibility index (Phi) is 9.25. The van der Waals surface area contributed by atoms with Gasteiger partial charge in [0.1, 0.15) is 18.4 Å². The maximum atomic E-state index is 14.0. The van der Waals surface area contributed by atoms with E-state index < -0.39 is 34.3 Å². The molecule has 0 aromatic heterocycles. The maximum Gasteiger partial charge on any atom is 0.264 e. The number of nitrogens with zero attached hydrogens (tertiary/aromatic N) is 2. The number of carbonyl (C=O) groups is 2. The van der Waals surface area contributed by atoms with E-state index in [4.69, 9.17) is 0 Å². The van der Waals surface area contributed by atoms with E-state index in [2.05, 4.69) is 5.32 Å². The topological polar surface area (TPSA) is 86.8 Å². The van der Waals surface area contributed by atoms with Crippen molar-refractivity contribution in [3.05, 3.63) is 95.3 Å². The number of aryl methyl sites for hydroxylation is 2.